The third-order valence-corrected chi connectivity index (χ3v) is 6.50. The summed E-state index contributed by atoms with van der Waals surface area (Å²) < 4.78 is 15.9. The maximum Gasteiger partial charge on any atom is 0.257 e. The molecule has 0 saturated carbocycles. The van der Waals surface area contributed by atoms with Gasteiger partial charge in [-0.2, -0.15) is 0 Å². The number of allylic oxidation sites excluding steroid dienone is 2. The Balaban J connectivity index is 1.46. The number of nitrogens with one attached hydrogen (secondary N) is 1. The molecule has 0 radical (unpaired) electrons. The fourth-order valence-corrected chi connectivity index (χ4v) is 4.65. The maximum atomic E-state index is 13.9. The van der Waals surface area contributed by atoms with Gasteiger partial charge in [0.05, 0.1) is 11.0 Å². The summed E-state index contributed by atoms with van der Waals surface area (Å²) in [5.74, 6) is -0.230. The highest BCUT2D eigenvalue weighted by Crippen LogP contribution is 2.29. The van der Waals surface area contributed by atoms with E-state index in [4.69, 9.17) is 15.7 Å². The molecule has 1 aliphatic rings. The molecule has 3 N–H and O–H groups in total. The van der Waals surface area contributed by atoms with Gasteiger partial charge in [-0.05, 0) is 62.3 Å². The highest BCUT2D eigenvalue weighted by molar-refractivity contribution is 6.10. The number of hydrogen-bond donors (Lipinski definition) is 2. The number of halogens is 1. The number of nitrogen functional groups attached to an aromatic ring is 1. The second-order valence-corrected chi connectivity index (χ2v) is 8.75. The molecule has 0 unspecified atom stereocenters. The van der Waals surface area contributed by atoms with E-state index in [2.05, 4.69) is 11.4 Å². The Morgan fingerprint density at radius 3 is 2.56 bits per heavy atom. The van der Waals surface area contributed by atoms with Gasteiger partial charge >= 0.3 is 0 Å². The molecular formula is C27H28FN5O. The van der Waals surface area contributed by atoms with Gasteiger partial charge in [-0.3, -0.25) is 4.79 Å². The molecule has 174 valence electrons. The quantitative estimate of drug-likeness (QED) is 0.375. The summed E-state index contributed by atoms with van der Waals surface area (Å²) >= 11 is 0. The van der Waals surface area contributed by atoms with Crippen LogP contribution in [-0.4, -0.2) is 27.0 Å². The summed E-state index contributed by atoms with van der Waals surface area (Å²) in [5, 5.41) is 2.90. The lowest BCUT2D eigenvalue weighted by molar-refractivity contribution is 0.0956. The summed E-state index contributed by atoms with van der Waals surface area (Å²) in [6, 6.07) is 14.2. The predicted molar refractivity (Wildman–Crippen MR) is 133 cm³/mol. The zero-order chi connectivity index (χ0) is 23.5. The van der Waals surface area contributed by atoms with Gasteiger partial charge in [0.1, 0.15) is 22.7 Å². The van der Waals surface area contributed by atoms with Crippen LogP contribution in [0.1, 0.15) is 48.0 Å². The van der Waals surface area contributed by atoms with Crippen LogP contribution >= 0.6 is 0 Å². The summed E-state index contributed by atoms with van der Waals surface area (Å²) in [5.41, 5.74) is 11.5. The molecule has 2 heterocycles. The molecule has 1 amide bonds. The first-order valence-corrected chi connectivity index (χ1v) is 11.9. The second-order valence-electron chi connectivity index (χ2n) is 8.75. The number of nitrogens with two attached hydrogens (primary N) is 1. The Morgan fingerprint density at radius 1 is 1.03 bits per heavy atom. The molecule has 0 bridgehead atoms. The van der Waals surface area contributed by atoms with Crippen molar-refractivity contribution in [1.82, 2.24) is 19.9 Å². The minimum absolute atomic E-state index is 0.276. The number of hydrogen-bond acceptors (Lipinski definition) is 4. The van der Waals surface area contributed by atoms with Gasteiger partial charge in [0.2, 0.25) is 0 Å². The zero-order valence-corrected chi connectivity index (χ0v) is 19.1. The van der Waals surface area contributed by atoms with Crippen LogP contribution in [0.15, 0.2) is 60.2 Å². The second kappa shape index (κ2) is 9.63. The minimum atomic E-state index is -0.320. The first kappa shape index (κ1) is 22.1. The average Bonchev–Trinajstić information content (AvgIpc) is 3.13. The number of amides is 1. The zero-order valence-electron chi connectivity index (χ0n) is 19.1. The smallest absolute Gasteiger partial charge is 0.257 e. The van der Waals surface area contributed by atoms with Crippen molar-refractivity contribution >= 4 is 33.9 Å². The van der Waals surface area contributed by atoms with E-state index in [0.29, 0.717) is 53.1 Å². The van der Waals surface area contributed by atoms with Crippen LogP contribution in [0.2, 0.25) is 0 Å². The van der Waals surface area contributed by atoms with Gasteiger partial charge in [0.25, 0.3) is 5.91 Å². The van der Waals surface area contributed by atoms with Crippen molar-refractivity contribution in [2.45, 2.75) is 45.1 Å². The molecule has 6 nitrogen and oxygen atoms in total. The van der Waals surface area contributed by atoms with Gasteiger partial charge in [-0.1, -0.05) is 42.0 Å². The van der Waals surface area contributed by atoms with E-state index >= 15 is 0 Å². The normalized spacial score (nSPS) is 13.9. The van der Waals surface area contributed by atoms with Crippen LogP contribution in [0, 0.1) is 5.82 Å². The van der Waals surface area contributed by atoms with E-state index in [9.17, 15) is 9.18 Å². The van der Waals surface area contributed by atoms with Crippen LogP contribution in [0.25, 0.3) is 22.2 Å². The molecule has 5 rings (SSSR count). The number of rotatable bonds is 7. The van der Waals surface area contributed by atoms with Crippen LogP contribution in [0.3, 0.4) is 0 Å². The van der Waals surface area contributed by atoms with Gasteiger partial charge in [-0.25, -0.2) is 14.4 Å². The largest absolute Gasteiger partial charge is 0.384 e. The predicted octanol–water partition coefficient (Wildman–Crippen LogP) is 5.17. The number of fused-ring (bicyclic) bond motifs is 2. The fourth-order valence-electron chi connectivity index (χ4n) is 4.65. The van der Waals surface area contributed by atoms with E-state index in [1.807, 2.05) is 28.8 Å². The number of aromatic nitrogens is 3. The Bertz CT molecular complexity index is 1390. The van der Waals surface area contributed by atoms with Crippen LogP contribution in [0.5, 0.6) is 0 Å². The van der Waals surface area contributed by atoms with E-state index in [-0.39, 0.29) is 11.7 Å². The summed E-state index contributed by atoms with van der Waals surface area (Å²) in [6.45, 7) is 0.934. The Kier molecular flexibility index (Phi) is 6.25. The summed E-state index contributed by atoms with van der Waals surface area (Å²) in [4.78, 5) is 22.8. The highest BCUT2D eigenvalue weighted by Gasteiger charge is 2.24. The van der Waals surface area contributed by atoms with E-state index in [1.165, 1.54) is 24.5 Å². The molecule has 2 aromatic carbocycles. The van der Waals surface area contributed by atoms with E-state index in [0.717, 1.165) is 24.8 Å². The molecule has 0 aliphatic heterocycles. The van der Waals surface area contributed by atoms with Crippen molar-refractivity contribution in [2.24, 2.45) is 0 Å². The number of aryl methyl sites for hydroxylation is 1. The summed E-state index contributed by atoms with van der Waals surface area (Å²) in [6.07, 6.45) is 8.27. The number of benzene rings is 2. The van der Waals surface area contributed by atoms with Crippen molar-refractivity contribution in [3.05, 3.63) is 77.1 Å². The van der Waals surface area contributed by atoms with E-state index < -0.39 is 0 Å². The number of carbonyl (C=O) groups excluding carboxylic acids is 1. The number of para-hydroxylation sites is 2. The van der Waals surface area contributed by atoms with Crippen LogP contribution in [0.4, 0.5) is 10.2 Å². The van der Waals surface area contributed by atoms with Crippen molar-refractivity contribution in [1.29, 1.82) is 0 Å². The average molecular weight is 458 g/mol. The first-order valence-electron chi connectivity index (χ1n) is 11.9. The molecule has 7 heteroatoms. The van der Waals surface area contributed by atoms with Crippen LogP contribution in [-0.2, 0) is 13.0 Å². The maximum absolute atomic E-state index is 13.9. The molecule has 4 aromatic rings. The standard InChI is InChI=1S/C27H28FN5O/c28-20-11-5-4-10-19(20)14-16-30-27(34)23-24-26(32-22-13-7-6-12-21(22)31-24)33(25(23)29)17-15-18-8-2-1-3-9-18/h4-8,10-13H,1-3,9,14-17,29H2,(H,30,34). The molecule has 0 spiro atoms. The topological polar surface area (TPSA) is 85.8 Å². The fraction of sp³-hybridized carbons (Fsp3) is 0.296. The molecule has 1 aliphatic carbocycles. The molecule has 0 saturated heterocycles. The van der Waals surface area contributed by atoms with Crippen molar-refractivity contribution in [3.8, 4) is 0 Å². The number of nitrogens with zero attached hydrogens (tertiary/aromatic N) is 3. The minimum Gasteiger partial charge on any atom is -0.384 e. The Morgan fingerprint density at radius 2 is 1.79 bits per heavy atom. The lowest BCUT2D eigenvalue weighted by atomic mass is 9.97. The molecule has 0 fully saturated rings. The number of carbonyl (C=O) groups is 1. The lowest BCUT2D eigenvalue weighted by Gasteiger charge is -2.14. The molecule has 2 aromatic heterocycles. The van der Waals surface area contributed by atoms with Gasteiger partial charge in [0, 0.05) is 13.1 Å². The SMILES string of the molecule is Nc1c(C(=O)NCCc2ccccc2F)c2nc3ccccc3nc2n1CCC1=CCCCC1. The van der Waals surface area contributed by atoms with Gasteiger partial charge in [0.15, 0.2) is 5.65 Å². The third-order valence-electron chi connectivity index (χ3n) is 6.50. The molecular weight excluding hydrogens is 429 g/mol. The Labute approximate surface area is 197 Å². The van der Waals surface area contributed by atoms with Gasteiger partial charge in [-0.15, -0.1) is 0 Å². The van der Waals surface area contributed by atoms with Crippen LogP contribution < -0.4 is 11.1 Å². The highest BCUT2D eigenvalue weighted by atomic mass is 19.1. The lowest BCUT2D eigenvalue weighted by Crippen LogP contribution is -2.26. The number of anilines is 1. The van der Waals surface area contributed by atoms with Crippen molar-refractivity contribution in [3.63, 3.8) is 0 Å². The van der Waals surface area contributed by atoms with E-state index in [1.54, 1.807) is 18.2 Å². The van der Waals surface area contributed by atoms with Gasteiger partial charge < -0.3 is 15.6 Å². The van der Waals surface area contributed by atoms with Crippen molar-refractivity contribution < 1.29 is 9.18 Å². The summed E-state index contributed by atoms with van der Waals surface area (Å²) in [7, 11) is 0. The molecule has 34 heavy (non-hydrogen) atoms. The Hall–Kier alpha value is -3.74. The first-order chi connectivity index (χ1) is 16.6. The molecule has 0 atom stereocenters. The van der Waals surface area contributed by atoms with Crippen molar-refractivity contribution in [2.75, 3.05) is 12.3 Å². The third kappa shape index (κ3) is 4.38. The monoisotopic (exact) mass is 457 g/mol.